The van der Waals surface area contributed by atoms with Gasteiger partial charge in [0.05, 0.1) is 6.61 Å². The molecule has 0 saturated carbocycles. The smallest absolute Gasteiger partial charge is 0.161 e. The van der Waals surface area contributed by atoms with Crippen LogP contribution in [0.4, 0.5) is 0 Å². The van der Waals surface area contributed by atoms with E-state index < -0.39 is 0 Å². The molecule has 20 heavy (non-hydrogen) atoms. The SMILES string of the molecule is CCOc1ccccc1OCCN[C@H](C)c1cccs1. The van der Waals surface area contributed by atoms with Crippen molar-refractivity contribution >= 4 is 11.3 Å². The summed E-state index contributed by atoms with van der Waals surface area (Å²) in [6.45, 7) is 6.22. The maximum Gasteiger partial charge on any atom is 0.161 e. The molecule has 3 nitrogen and oxygen atoms in total. The molecule has 0 saturated heterocycles. The highest BCUT2D eigenvalue weighted by molar-refractivity contribution is 7.10. The zero-order valence-electron chi connectivity index (χ0n) is 12.0. The first-order valence-electron chi connectivity index (χ1n) is 6.92. The molecule has 2 rings (SSSR count). The molecule has 0 aliphatic heterocycles. The lowest BCUT2D eigenvalue weighted by atomic mass is 10.3. The monoisotopic (exact) mass is 291 g/mol. The van der Waals surface area contributed by atoms with E-state index in [1.165, 1.54) is 4.88 Å². The number of hydrogen-bond donors (Lipinski definition) is 1. The molecule has 4 heteroatoms. The van der Waals surface area contributed by atoms with Crippen LogP contribution in [0.5, 0.6) is 11.5 Å². The minimum Gasteiger partial charge on any atom is -0.490 e. The molecule has 0 amide bonds. The number of benzene rings is 1. The average molecular weight is 291 g/mol. The molecule has 0 aliphatic rings. The third kappa shape index (κ3) is 4.25. The Morgan fingerprint density at radius 1 is 1.10 bits per heavy atom. The van der Waals surface area contributed by atoms with Gasteiger partial charge in [-0.15, -0.1) is 11.3 Å². The normalized spacial score (nSPS) is 12.1. The molecule has 1 atom stereocenters. The van der Waals surface area contributed by atoms with Crippen molar-refractivity contribution in [3.05, 3.63) is 46.7 Å². The molecule has 0 radical (unpaired) electrons. The summed E-state index contributed by atoms with van der Waals surface area (Å²) in [6, 6.07) is 12.4. The summed E-state index contributed by atoms with van der Waals surface area (Å²) in [7, 11) is 0. The fourth-order valence-corrected chi connectivity index (χ4v) is 2.68. The molecule has 1 N–H and O–H groups in total. The molecule has 1 heterocycles. The van der Waals surface area contributed by atoms with Crippen molar-refractivity contribution in [3.63, 3.8) is 0 Å². The van der Waals surface area contributed by atoms with E-state index in [0.29, 0.717) is 19.3 Å². The third-order valence-corrected chi connectivity index (χ3v) is 3.98. The summed E-state index contributed by atoms with van der Waals surface area (Å²) in [4.78, 5) is 1.35. The zero-order valence-corrected chi connectivity index (χ0v) is 12.8. The maximum absolute atomic E-state index is 5.77. The van der Waals surface area contributed by atoms with Crippen LogP contribution in [-0.4, -0.2) is 19.8 Å². The number of nitrogens with one attached hydrogen (secondary N) is 1. The quantitative estimate of drug-likeness (QED) is 0.749. The molecular formula is C16H21NO2S. The van der Waals surface area contributed by atoms with Gasteiger partial charge < -0.3 is 14.8 Å². The van der Waals surface area contributed by atoms with Crippen molar-refractivity contribution in [2.75, 3.05) is 19.8 Å². The molecule has 1 aromatic carbocycles. The highest BCUT2D eigenvalue weighted by atomic mass is 32.1. The maximum atomic E-state index is 5.77. The van der Waals surface area contributed by atoms with E-state index in [9.17, 15) is 0 Å². The molecule has 0 unspecified atom stereocenters. The van der Waals surface area contributed by atoms with Gasteiger partial charge in [0, 0.05) is 17.5 Å². The van der Waals surface area contributed by atoms with Gasteiger partial charge in [-0.1, -0.05) is 18.2 Å². The predicted octanol–water partition coefficient (Wildman–Crippen LogP) is 3.88. The molecule has 1 aromatic heterocycles. The van der Waals surface area contributed by atoms with Crippen molar-refractivity contribution < 1.29 is 9.47 Å². The number of thiophene rings is 1. The van der Waals surface area contributed by atoms with Crippen LogP contribution in [0.15, 0.2) is 41.8 Å². The van der Waals surface area contributed by atoms with Gasteiger partial charge in [0.25, 0.3) is 0 Å². The summed E-state index contributed by atoms with van der Waals surface area (Å²) in [6.07, 6.45) is 0. The molecule has 0 aliphatic carbocycles. The van der Waals surface area contributed by atoms with Gasteiger partial charge in [0.15, 0.2) is 11.5 Å². The highest BCUT2D eigenvalue weighted by Crippen LogP contribution is 2.26. The Hall–Kier alpha value is -1.52. The first kappa shape index (κ1) is 14.9. The summed E-state index contributed by atoms with van der Waals surface area (Å²) in [5.41, 5.74) is 0. The Morgan fingerprint density at radius 2 is 1.85 bits per heavy atom. The summed E-state index contributed by atoms with van der Waals surface area (Å²) in [5, 5.41) is 5.55. The van der Waals surface area contributed by atoms with Crippen LogP contribution in [0.2, 0.25) is 0 Å². The Kier molecular flexibility index (Phi) is 5.89. The van der Waals surface area contributed by atoms with Gasteiger partial charge >= 0.3 is 0 Å². The second-order valence-electron chi connectivity index (χ2n) is 4.42. The minimum absolute atomic E-state index is 0.362. The van der Waals surface area contributed by atoms with Crippen LogP contribution >= 0.6 is 11.3 Å². The average Bonchev–Trinajstić information content (AvgIpc) is 2.99. The highest BCUT2D eigenvalue weighted by Gasteiger charge is 2.06. The van der Waals surface area contributed by atoms with E-state index in [1.807, 2.05) is 31.2 Å². The third-order valence-electron chi connectivity index (χ3n) is 2.93. The van der Waals surface area contributed by atoms with Gasteiger partial charge in [-0.05, 0) is 37.4 Å². The van der Waals surface area contributed by atoms with E-state index >= 15 is 0 Å². The van der Waals surface area contributed by atoms with Gasteiger partial charge in [-0.25, -0.2) is 0 Å². The molecule has 0 bridgehead atoms. The summed E-state index contributed by atoms with van der Waals surface area (Å²) in [5.74, 6) is 1.61. The predicted molar refractivity (Wildman–Crippen MR) is 83.8 cm³/mol. The number of para-hydroxylation sites is 2. The van der Waals surface area contributed by atoms with E-state index in [1.54, 1.807) is 11.3 Å². The first-order valence-corrected chi connectivity index (χ1v) is 7.80. The lowest BCUT2D eigenvalue weighted by Crippen LogP contribution is -2.23. The standard InChI is InChI=1S/C16H21NO2S/c1-3-18-14-7-4-5-8-15(14)19-11-10-17-13(2)16-9-6-12-20-16/h4-9,12-13,17H,3,10-11H2,1-2H3/t13-/m1/s1. The van der Waals surface area contributed by atoms with Crippen LogP contribution in [0.25, 0.3) is 0 Å². The fourth-order valence-electron chi connectivity index (χ4n) is 1.92. The largest absolute Gasteiger partial charge is 0.490 e. The van der Waals surface area contributed by atoms with E-state index in [0.717, 1.165) is 18.0 Å². The van der Waals surface area contributed by atoms with Gasteiger partial charge in [0.1, 0.15) is 6.61 Å². The van der Waals surface area contributed by atoms with Crippen molar-refractivity contribution in [2.24, 2.45) is 0 Å². The van der Waals surface area contributed by atoms with Crippen molar-refractivity contribution in [1.82, 2.24) is 5.32 Å². The zero-order chi connectivity index (χ0) is 14.2. The molecule has 0 spiro atoms. The van der Waals surface area contributed by atoms with Crippen LogP contribution in [0, 0.1) is 0 Å². The van der Waals surface area contributed by atoms with Crippen LogP contribution in [-0.2, 0) is 0 Å². The lowest BCUT2D eigenvalue weighted by Gasteiger charge is -2.14. The Balaban J connectivity index is 1.76. The number of ether oxygens (including phenoxy) is 2. The van der Waals surface area contributed by atoms with Crippen molar-refractivity contribution in [1.29, 1.82) is 0 Å². The number of hydrogen-bond acceptors (Lipinski definition) is 4. The van der Waals surface area contributed by atoms with E-state index in [4.69, 9.17) is 9.47 Å². The van der Waals surface area contributed by atoms with Crippen molar-refractivity contribution in [2.45, 2.75) is 19.9 Å². The van der Waals surface area contributed by atoms with Crippen molar-refractivity contribution in [3.8, 4) is 11.5 Å². The van der Waals surface area contributed by atoms with Gasteiger partial charge in [0.2, 0.25) is 0 Å². The Morgan fingerprint density at radius 3 is 2.50 bits per heavy atom. The van der Waals surface area contributed by atoms with E-state index in [2.05, 4.69) is 29.8 Å². The topological polar surface area (TPSA) is 30.5 Å². The summed E-state index contributed by atoms with van der Waals surface area (Å²) >= 11 is 1.77. The van der Waals surface area contributed by atoms with Crippen LogP contribution in [0.3, 0.4) is 0 Å². The molecular weight excluding hydrogens is 270 g/mol. The lowest BCUT2D eigenvalue weighted by molar-refractivity contribution is 0.273. The van der Waals surface area contributed by atoms with Gasteiger partial charge in [-0.3, -0.25) is 0 Å². The van der Waals surface area contributed by atoms with Crippen LogP contribution in [0.1, 0.15) is 24.8 Å². The fraction of sp³-hybridized carbons (Fsp3) is 0.375. The molecule has 108 valence electrons. The minimum atomic E-state index is 0.362. The molecule has 0 fully saturated rings. The Labute approximate surface area is 124 Å². The molecule has 2 aromatic rings. The van der Waals surface area contributed by atoms with Crippen LogP contribution < -0.4 is 14.8 Å². The second-order valence-corrected chi connectivity index (χ2v) is 5.40. The first-order chi connectivity index (χ1) is 9.81. The Bertz CT molecular complexity index is 499. The number of rotatable bonds is 8. The summed E-state index contributed by atoms with van der Waals surface area (Å²) < 4.78 is 11.3. The van der Waals surface area contributed by atoms with Gasteiger partial charge in [-0.2, -0.15) is 0 Å². The second kappa shape index (κ2) is 7.92. The van der Waals surface area contributed by atoms with E-state index in [-0.39, 0.29) is 0 Å².